The van der Waals surface area contributed by atoms with Crippen LogP contribution in [-0.2, 0) is 4.74 Å². The van der Waals surface area contributed by atoms with Crippen molar-refractivity contribution in [3.63, 3.8) is 0 Å². The molecule has 20 heavy (non-hydrogen) atoms. The first-order valence-corrected chi connectivity index (χ1v) is 6.45. The van der Waals surface area contributed by atoms with E-state index < -0.39 is 0 Å². The fraction of sp³-hybridized carbons (Fsp3) is 0.467. The van der Waals surface area contributed by atoms with Gasteiger partial charge in [0.25, 0.3) is 5.91 Å². The van der Waals surface area contributed by atoms with E-state index in [2.05, 4.69) is 16.8 Å². The second-order valence-electron chi connectivity index (χ2n) is 4.47. The molecule has 1 aromatic heterocycles. The van der Waals surface area contributed by atoms with E-state index in [9.17, 15) is 4.79 Å². The van der Waals surface area contributed by atoms with Crippen LogP contribution >= 0.6 is 0 Å². The third-order valence-electron chi connectivity index (χ3n) is 2.77. The highest BCUT2D eigenvalue weighted by atomic mass is 16.5. The standard InChI is InChI=1S/C15H20N2O3/c1-12(2)17(8-10-20-3)15(19)14-6-7-16-11-13(14)5-4-9-18/h6-7,11-12,18H,8-10H2,1-3H3. The summed E-state index contributed by atoms with van der Waals surface area (Å²) < 4.78 is 5.04. The highest BCUT2D eigenvalue weighted by Crippen LogP contribution is 2.12. The van der Waals surface area contributed by atoms with Crippen LogP contribution in [0.25, 0.3) is 0 Å². The van der Waals surface area contributed by atoms with Gasteiger partial charge in [0.1, 0.15) is 6.61 Å². The van der Waals surface area contributed by atoms with Crippen LogP contribution in [-0.4, -0.2) is 53.8 Å². The zero-order chi connectivity index (χ0) is 15.0. The van der Waals surface area contributed by atoms with Gasteiger partial charge in [0.2, 0.25) is 0 Å². The summed E-state index contributed by atoms with van der Waals surface area (Å²) in [6, 6.07) is 1.70. The molecule has 0 radical (unpaired) electrons. The molecule has 0 aliphatic carbocycles. The summed E-state index contributed by atoms with van der Waals surface area (Å²) in [5.74, 6) is 5.18. The fourth-order valence-electron chi connectivity index (χ4n) is 1.75. The van der Waals surface area contributed by atoms with Gasteiger partial charge in [-0.05, 0) is 19.9 Å². The first kappa shape index (κ1) is 16.2. The lowest BCUT2D eigenvalue weighted by atomic mass is 10.1. The van der Waals surface area contributed by atoms with Crippen LogP contribution in [0, 0.1) is 11.8 Å². The molecule has 0 atom stereocenters. The van der Waals surface area contributed by atoms with Crippen molar-refractivity contribution < 1.29 is 14.6 Å². The maximum absolute atomic E-state index is 12.6. The molecule has 0 aliphatic rings. The minimum absolute atomic E-state index is 0.0597. The maximum atomic E-state index is 12.6. The number of carbonyl (C=O) groups excluding carboxylic acids is 1. The van der Waals surface area contributed by atoms with Crippen molar-refractivity contribution in [2.45, 2.75) is 19.9 Å². The van der Waals surface area contributed by atoms with Crippen LogP contribution in [0.4, 0.5) is 0 Å². The van der Waals surface area contributed by atoms with E-state index in [-0.39, 0.29) is 18.6 Å². The van der Waals surface area contributed by atoms with E-state index in [0.717, 1.165) is 0 Å². The molecule has 0 aromatic carbocycles. The topological polar surface area (TPSA) is 62.7 Å². The lowest BCUT2D eigenvalue weighted by Gasteiger charge is -2.26. The quantitative estimate of drug-likeness (QED) is 0.812. The van der Waals surface area contributed by atoms with E-state index in [1.807, 2.05) is 13.8 Å². The summed E-state index contributed by atoms with van der Waals surface area (Å²) >= 11 is 0. The molecule has 0 saturated carbocycles. The second-order valence-corrected chi connectivity index (χ2v) is 4.47. The van der Waals surface area contributed by atoms with Gasteiger partial charge >= 0.3 is 0 Å². The Morgan fingerprint density at radius 2 is 2.30 bits per heavy atom. The Labute approximate surface area is 119 Å². The average Bonchev–Trinajstić information content (AvgIpc) is 2.45. The fourth-order valence-corrected chi connectivity index (χ4v) is 1.75. The van der Waals surface area contributed by atoms with Crippen molar-refractivity contribution in [2.24, 2.45) is 0 Å². The third kappa shape index (κ3) is 4.34. The molecule has 0 unspecified atom stereocenters. The predicted octanol–water partition coefficient (Wildman–Crippen LogP) is 0.922. The number of aliphatic hydroxyl groups is 1. The number of amides is 1. The summed E-state index contributed by atoms with van der Waals surface area (Å²) in [5.41, 5.74) is 1.01. The van der Waals surface area contributed by atoms with Crippen LogP contribution in [0.3, 0.4) is 0 Å². The Morgan fingerprint density at radius 1 is 1.55 bits per heavy atom. The number of pyridine rings is 1. The molecule has 0 aliphatic heterocycles. The van der Waals surface area contributed by atoms with Crippen LogP contribution in [0.2, 0.25) is 0 Å². The van der Waals surface area contributed by atoms with Crippen molar-refractivity contribution in [3.05, 3.63) is 29.6 Å². The zero-order valence-electron chi connectivity index (χ0n) is 12.1. The van der Waals surface area contributed by atoms with Gasteiger partial charge in [0, 0.05) is 32.1 Å². The van der Waals surface area contributed by atoms with E-state index in [1.54, 1.807) is 24.3 Å². The number of aromatic nitrogens is 1. The molecule has 0 bridgehead atoms. The van der Waals surface area contributed by atoms with Gasteiger partial charge in [-0.1, -0.05) is 11.8 Å². The van der Waals surface area contributed by atoms with E-state index in [1.165, 1.54) is 6.20 Å². The molecule has 5 nitrogen and oxygen atoms in total. The number of nitrogens with zero attached hydrogens (tertiary/aromatic N) is 2. The van der Waals surface area contributed by atoms with Crippen LogP contribution < -0.4 is 0 Å². The lowest BCUT2D eigenvalue weighted by Crippen LogP contribution is -2.39. The van der Waals surface area contributed by atoms with Gasteiger partial charge < -0.3 is 14.7 Å². The predicted molar refractivity (Wildman–Crippen MR) is 76.2 cm³/mol. The number of hydrogen-bond donors (Lipinski definition) is 1. The summed E-state index contributed by atoms with van der Waals surface area (Å²) in [6.45, 7) is 4.65. The molecule has 5 heteroatoms. The molecule has 1 amide bonds. The molecule has 0 saturated heterocycles. The Bertz CT molecular complexity index is 503. The number of carbonyl (C=O) groups is 1. The summed E-state index contributed by atoms with van der Waals surface area (Å²) in [4.78, 5) is 18.3. The molecule has 1 N–H and O–H groups in total. The van der Waals surface area contributed by atoms with Crippen LogP contribution in [0.5, 0.6) is 0 Å². The summed E-state index contributed by atoms with van der Waals surface area (Å²) in [7, 11) is 1.60. The van der Waals surface area contributed by atoms with Crippen LogP contribution in [0.15, 0.2) is 18.5 Å². The molecular formula is C15H20N2O3. The van der Waals surface area contributed by atoms with Gasteiger partial charge in [-0.2, -0.15) is 0 Å². The van der Waals surface area contributed by atoms with Gasteiger partial charge in [-0.25, -0.2) is 0 Å². The Balaban J connectivity index is 3.05. The number of methoxy groups -OCH3 is 1. The highest BCUT2D eigenvalue weighted by Gasteiger charge is 2.20. The maximum Gasteiger partial charge on any atom is 0.255 e. The molecule has 1 heterocycles. The second kappa shape index (κ2) is 8.31. The van der Waals surface area contributed by atoms with Crippen LogP contribution in [0.1, 0.15) is 29.8 Å². The molecular weight excluding hydrogens is 256 g/mol. The highest BCUT2D eigenvalue weighted by molar-refractivity contribution is 5.96. The Morgan fingerprint density at radius 3 is 2.90 bits per heavy atom. The monoisotopic (exact) mass is 276 g/mol. The molecule has 1 aromatic rings. The molecule has 108 valence electrons. The summed E-state index contributed by atoms with van der Waals surface area (Å²) in [5, 5.41) is 8.76. The van der Waals surface area contributed by atoms with Gasteiger partial charge in [0.15, 0.2) is 0 Å². The van der Waals surface area contributed by atoms with Crippen molar-refractivity contribution in [1.82, 2.24) is 9.88 Å². The van der Waals surface area contributed by atoms with Crippen molar-refractivity contribution in [2.75, 3.05) is 26.9 Å². The number of aliphatic hydroxyl groups excluding tert-OH is 1. The molecule has 0 spiro atoms. The summed E-state index contributed by atoms with van der Waals surface area (Å²) in [6.07, 6.45) is 3.09. The third-order valence-corrected chi connectivity index (χ3v) is 2.77. The number of ether oxygens (including phenoxy) is 1. The van der Waals surface area contributed by atoms with Crippen molar-refractivity contribution in [3.8, 4) is 11.8 Å². The Kier molecular flexibility index (Phi) is 6.71. The molecule has 1 rings (SSSR count). The minimum atomic E-state index is -0.250. The SMILES string of the molecule is COCCN(C(=O)c1ccncc1C#CCO)C(C)C. The van der Waals surface area contributed by atoms with E-state index in [4.69, 9.17) is 9.84 Å². The van der Waals surface area contributed by atoms with E-state index >= 15 is 0 Å². The van der Waals surface area contributed by atoms with Gasteiger partial charge in [0.05, 0.1) is 17.7 Å². The Hall–Kier alpha value is -1.90. The number of rotatable bonds is 5. The zero-order valence-corrected chi connectivity index (χ0v) is 12.1. The number of hydrogen-bond acceptors (Lipinski definition) is 4. The average molecular weight is 276 g/mol. The molecule has 0 fully saturated rings. The normalized spacial score (nSPS) is 10.1. The lowest BCUT2D eigenvalue weighted by molar-refractivity contribution is 0.0634. The van der Waals surface area contributed by atoms with E-state index in [0.29, 0.717) is 24.3 Å². The smallest absolute Gasteiger partial charge is 0.255 e. The van der Waals surface area contributed by atoms with Gasteiger partial charge in [-0.15, -0.1) is 0 Å². The van der Waals surface area contributed by atoms with Gasteiger partial charge in [-0.3, -0.25) is 9.78 Å². The first-order valence-electron chi connectivity index (χ1n) is 6.45. The first-order chi connectivity index (χ1) is 9.61. The van der Waals surface area contributed by atoms with Crippen molar-refractivity contribution >= 4 is 5.91 Å². The largest absolute Gasteiger partial charge is 0.384 e. The van der Waals surface area contributed by atoms with Crippen molar-refractivity contribution in [1.29, 1.82) is 0 Å². The minimum Gasteiger partial charge on any atom is -0.384 e.